The lowest BCUT2D eigenvalue weighted by atomic mass is 9.86. The molecule has 1 aromatic rings. The number of hydrogen-bond acceptors (Lipinski definition) is 5. The van der Waals surface area contributed by atoms with Gasteiger partial charge in [0.2, 0.25) is 0 Å². The number of esters is 1. The summed E-state index contributed by atoms with van der Waals surface area (Å²) in [6, 6.07) is 5.93. The lowest BCUT2D eigenvalue weighted by Crippen LogP contribution is -2.47. The Morgan fingerprint density at radius 1 is 1.58 bits per heavy atom. The summed E-state index contributed by atoms with van der Waals surface area (Å²) < 4.78 is 20.1. The molecule has 0 radical (unpaired) electrons. The molecule has 1 aliphatic rings. The number of nitrogens with two attached hydrogens (primary N) is 1. The Morgan fingerprint density at radius 3 is 2.79 bits per heavy atom. The Balaban J connectivity index is 2.67. The Labute approximate surface area is 140 Å². The molecule has 5 nitrogen and oxygen atoms in total. The molecule has 1 aromatic carbocycles. The van der Waals surface area contributed by atoms with Crippen molar-refractivity contribution < 1.29 is 13.9 Å². The molecule has 2 N–H and O–H groups in total. The van der Waals surface area contributed by atoms with Gasteiger partial charge in [-0.15, -0.1) is 0 Å². The van der Waals surface area contributed by atoms with Gasteiger partial charge in [-0.3, -0.25) is 0 Å². The van der Waals surface area contributed by atoms with Gasteiger partial charge in [0.25, 0.3) is 0 Å². The average Bonchev–Trinajstić information content (AvgIpc) is 2.93. The van der Waals surface area contributed by atoms with Crippen molar-refractivity contribution in [2.24, 2.45) is 5.73 Å². The van der Waals surface area contributed by atoms with Crippen molar-refractivity contribution in [1.29, 1.82) is 5.26 Å². The highest BCUT2D eigenvalue weighted by atomic mass is 19.1. The highest BCUT2D eigenvalue weighted by Crippen LogP contribution is 2.46. The van der Waals surface area contributed by atoms with E-state index in [1.54, 1.807) is 18.7 Å². The van der Waals surface area contributed by atoms with Crippen LogP contribution in [0.25, 0.3) is 0 Å². The molecule has 0 bridgehead atoms. The second kappa shape index (κ2) is 6.75. The van der Waals surface area contributed by atoms with Gasteiger partial charge in [0.15, 0.2) is 5.54 Å². The predicted octanol–water partition coefficient (Wildman–Crippen LogP) is 2.88. The van der Waals surface area contributed by atoms with E-state index in [1.165, 1.54) is 24.5 Å². The minimum Gasteiger partial charge on any atom is -0.461 e. The smallest absolute Gasteiger partial charge is 0.337 e. The van der Waals surface area contributed by atoms with Gasteiger partial charge in [0.1, 0.15) is 5.82 Å². The average molecular weight is 329 g/mol. The van der Waals surface area contributed by atoms with Crippen molar-refractivity contribution in [2.45, 2.75) is 38.3 Å². The molecule has 1 heterocycles. The Bertz CT molecular complexity index is 736. The molecule has 6 heteroatoms. The van der Waals surface area contributed by atoms with Crippen molar-refractivity contribution in [2.75, 3.05) is 0 Å². The van der Waals surface area contributed by atoms with Crippen LogP contribution in [0.2, 0.25) is 0 Å². The van der Waals surface area contributed by atoms with Crippen LogP contribution in [-0.2, 0) is 15.1 Å². The first-order chi connectivity index (χ1) is 11.4. The van der Waals surface area contributed by atoms with Crippen LogP contribution in [0, 0.1) is 17.1 Å². The molecule has 24 heavy (non-hydrogen) atoms. The third-order valence-electron chi connectivity index (χ3n) is 4.06. The summed E-state index contributed by atoms with van der Waals surface area (Å²) in [5.74, 6) is -1.21. The van der Waals surface area contributed by atoms with Crippen LogP contribution in [-0.4, -0.2) is 17.0 Å². The van der Waals surface area contributed by atoms with E-state index in [2.05, 4.69) is 6.58 Å². The number of hydrogen-bond donors (Lipinski definition) is 1. The van der Waals surface area contributed by atoms with Gasteiger partial charge in [-0.25, -0.2) is 9.18 Å². The number of carbonyl (C=O) groups excluding carboxylic acids is 1. The zero-order valence-electron chi connectivity index (χ0n) is 13.8. The van der Waals surface area contributed by atoms with Gasteiger partial charge in [0, 0.05) is 17.5 Å². The van der Waals surface area contributed by atoms with Crippen molar-refractivity contribution in [1.82, 2.24) is 4.90 Å². The molecule has 0 saturated carbocycles. The normalized spacial score (nSPS) is 21.8. The van der Waals surface area contributed by atoms with E-state index in [0.717, 1.165) is 6.07 Å². The van der Waals surface area contributed by atoms with Gasteiger partial charge in [-0.05, 0) is 45.0 Å². The highest BCUT2D eigenvalue weighted by molar-refractivity contribution is 5.84. The fraction of sp³-hybridized carbons (Fsp3) is 0.333. The highest BCUT2D eigenvalue weighted by Gasteiger charge is 2.52. The molecule has 0 aromatic heterocycles. The third-order valence-corrected chi connectivity index (χ3v) is 4.06. The van der Waals surface area contributed by atoms with Crippen molar-refractivity contribution >= 4 is 5.97 Å². The summed E-state index contributed by atoms with van der Waals surface area (Å²) in [6.07, 6.45) is 3.26. The summed E-state index contributed by atoms with van der Waals surface area (Å²) >= 11 is 0. The summed E-state index contributed by atoms with van der Waals surface area (Å²) in [6.45, 7) is 7.19. The summed E-state index contributed by atoms with van der Waals surface area (Å²) in [7, 11) is 0. The van der Waals surface area contributed by atoms with Crippen LogP contribution in [0.5, 0.6) is 0 Å². The lowest BCUT2D eigenvalue weighted by molar-refractivity contribution is -0.159. The number of benzene rings is 1. The summed E-state index contributed by atoms with van der Waals surface area (Å²) in [4.78, 5) is 14.5. The maximum Gasteiger partial charge on any atom is 0.337 e. The van der Waals surface area contributed by atoms with E-state index in [0.29, 0.717) is 18.5 Å². The molecule has 1 unspecified atom stereocenters. The van der Waals surface area contributed by atoms with Crippen LogP contribution in [0.15, 0.2) is 42.9 Å². The molecule has 2 rings (SSSR count). The third kappa shape index (κ3) is 2.73. The topological polar surface area (TPSA) is 79.3 Å². The van der Waals surface area contributed by atoms with Crippen LogP contribution in [0.3, 0.4) is 0 Å². The molecule has 126 valence electrons. The number of carbonyl (C=O) groups is 1. The molecule has 1 aliphatic heterocycles. The number of nitrogens with zero attached hydrogens (tertiary/aromatic N) is 2. The molecule has 1 saturated heterocycles. The standard InChI is InChI=1S/C18H20FN3O2/c1-4-22-14(11-21)7-8-18(22,17(23)24-12(2)3)15-6-5-13(10-20)9-16(15)19/h4-6,9,11-12H,1,7-8,21H2,2-3H3/b14-11-. The van der Waals surface area contributed by atoms with Crippen LogP contribution < -0.4 is 5.73 Å². The Morgan fingerprint density at radius 2 is 2.29 bits per heavy atom. The van der Waals surface area contributed by atoms with Crippen molar-refractivity contribution in [3.63, 3.8) is 0 Å². The second-order valence-corrected chi connectivity index (χ2v) is 5.83. The minimum atomic E-state index is -1.38. The number of likely N-dealkylation sites (tertiary alicyclic amines) is 1. The lowest BCUT2D eigenvalue weighted by Gasteiger charge is -2.36. The number of rotatable bonds is 4. The van der Waals surface area contributed by atoms with Crippen molar-refractivity contribution in [3.8, 4) is 6.07 Å². The van der Waals surface area contributed by atoms with Crippen molar-refractivity contribution in [3.05, 3.63) is 59.8 Å². The zero-order chi connectivity index (χ0) is 17.9. The number of ether oxygens (including phenoxy) is 1. The molecular weight excluding hydrogens is 309 g/mol. The second-order valence-electron chi connectivity index (χ2n) is 5.83. The molecule has 1 fully saturated rings. The van der Waals surface area contributed by atoms with E-state index >= 15 is 0 Å². The van der Waals surface area contributed by atoms with Crippen LogP contribution >= 0.6 is 0 Å². The first kappa shape index (κ1) is 17.5. The fourth-order valence-electron chi connectivity index (χ4n) is 3.04. The largest absolute Gasteiger partial charge is 0.461 e. The van der Waals surface area contributed by atoms with Gasteiger partial charge in [-0.1, -0.05) is 12.6 Å². The summed E-state index contributed by atoms with van der Waals surface area (Å²) in [5.41, 5.74) is 5.25. The Kier molecular flexibility index (Phi) is 4.93. The van der Waals surface area contributed by atoms with Gasteiger partial charge in [0.05, 0.1) is 17.7 Å². The molecule has 1 atom stereocenters. The SMILES string of the molecule is C=CN1/C(=C\N)CCC1(C(=O)OC(C)C)c1ccc(C#N)cc1F. The first-order valence-corrected chi connectivity index (χ1v) is 7.64. The van der Waals surface area contributed by atoms with E-state index < -0.39 is 17.3 Å². The van der Waals surface area contributed by atoms with Gasteiger partial charge >= 0.3 is 5.97 Å². The minimum absolute atomic E-state index is 0.143. The van der Waals surface area contributed by atoms with Crippen LogP contribution in [0.1, 0.15) is 37.8 Å². The van der Waals surface area contributed by atoms with Gasteiger partial charge < -0.3 is 15.4 Å². The van der Waals surface area contributed by atoms with E-state index in [-0.39, 0.29) is 17.2 Å². The quantitative estimate of drug-likeness (QED) is 0.859. The maximum atomic E-state index is 14.7. The molecule has 0 amide bonds. The molecule has 0 spiro atoms. The molecule has 0 aliphatic carbocycles. The van der Waals surface area contributed by atoms with E-state index in [9.17, 15) is 9.18 Å². The first-order valence-electron chi connectivity index (χ1n) is 7.64. The van der Waals surface area contributed by atoms with E-state index in [4.69, 9.17) is 15.7 Å². The fourth-order valence-corrected chi connectivity index (χ4v) is 3.04. The molecular formula is C18H20FN3O2. The maximum absolute atomic E-state index is 14.7. The number of allylic oxidation sites excluding steroid dienone is 1. The predicted molar refractivity (Wildman–Crippen MR) is 87.6 cm³/mol. The zero-order valence-corrected chi connectivity index (χ0v) is 13.8. The van der Waals surface area contributed by atoms with E-state index in [1.807, 2.05) is 6.07 Å². The monoisotopic (exact) mass is 329 g/mol. The Hall–Kier alpha value is -2.81. The van der Waals surface area contributed by atoms with Crippen LogP contribution in [0.4, 0.5) is 4.39 Å². The number of nitriles is 1. The van der Waals surface area contributed by atoms with Gasteiger partial charge in [-0.2, -0.15) is 5.26 Å². The summed E-state index contributed by atoms with van der Waals surface area (Å²) in [5, 5.41) is 8.93. The number of halogens is 1.